The minimum absolute atomic E-state index is 0.0766. The second-order valence-electron chi connectivity index (χ2n) is 12.2. The Morgan fingerprint density at radius 2 is 1.79 bits per heavy atom. The summed E-state index contributed by atoms with van der Waals surface area (Å²) in [6.45, 7) is 12.6. The Morgan fingerprint density at radius 1 is 1.00 bits per heavy atom. The largest absolute Gasteiger partial charge is 0.393 e. The molecule has 0 amide bonds. The highest BCUT2D eigenvalue weighted by atomic mass is 16.3. The molecule has 0 aliphatic heterocycles. The van der Waals surface area contributed by atoms with Crippen LogP contribution in [0, 0.1) is 46.3 Å². The van der Waals surface area contributed by atoms with Gasteiger partial charge in [-0.15, -0.1) is 0 Å². The van der Waals surface area contributed by atoms with Crippen LogP contribution in [0.2, 0.25) is 0 Å². The van der Waals surface area contributed by atoms with Gasteiger partial charge in [0.2, 0.25) is 0 Å². The molecule has 4 aliphatic rings. The Labute approximate surface area is 174 Å². The van der Waals surface area contributed by atoms with E-state index < -0.39 is 0 Å². The van der Waals surface area contributed by atoms with Gasteiger partial charge in [-0.1, -0.05) is 65.5 Å². The molecule has 1 N–H and O–H groups in total. The lowest BCUT2D eigenvalue weighted by molar-refractivity contribution is -0.0573. The Hall–Kier alpha value is -0.300. The molecule has 8 atom stereocenters. The number of allylic oxidation sites excluding steroid dienone is 1. The molecule has 0 heterocycles. The van der Waals surface area contributed by atoms with Gasteiger partial charge in [-0.2, -0.15) is 0 Å². The van der Waals surface area contributed by atoms with E-state index in [1.165, 1.54) is 57.8 Å². The lowest BCUT2D eigenvalue weighted by atomic mass is 9.47. The van der Waals surface area contributed by atoms with Gasteiger partial charge in [-0.3, -0.25) is 0 Å². The van der Waals surface area contributed by atoms with Crippen molar-refractivity contribution in [2.45, 2.75) is 111 Å². The molecule has 0 unspecified atom stereocenters. The summed E-state index contributed by atoms with van der Waals surface area (Å²) < 4.78 is 0. The quantitative estimate of drug-likeness (QED) is 0.488. The highest BCUT2D eigenvalue weighted by molar-refractivity contribution is 5.25. The van der Waals surface area contributed by atoms with Crippen LogP contribution in [-0.4, -0.2) is 11.2 Å². The summed E-state index contributed by atoms with van der Waals surface area (Å²) in [5.41, 5.74) is 2.60. The summed E-state index contributed by atoms with van der Waals surface area (Å²) in [4.78, 5) is 0. The van der Waals surface area contributed by atoms with Crippen LogP contribution in [0.1, 0.15) is 105 Å². The molecule has 3 fully saturated rings. The fourth-order valence-corrected chi connectivity index (χ4v) is 8.67. The predicted octanol–water partition coefficient (Wildman–Crippen LogP) is 7.39. The number of rotatable bonds is 5. The van der Waals surface area contributed by atoms with E-state index in [1.807, 2.05) is 0 Å². The first-order chi connectivity index (χ1) is 13.3. The van der Waals surface area contributed by atoms with Gasteiger partial charge in [-0.05, 0) is 97.7 Å². The van der Waals surface area contributed by atoms with Crippen molar-refractivity contribution < 1.29 is 5.11 Å². The van der Waals surface area contributed by atoms with Gasteiger partial charge < -0.3 is 5.11 Å². The summed E-state index contributed by atoms with van der Waals surface area (Å²) in [5.74, 6) is 5.46. The van der Waals surface area contributed by atoms with E-state index in [4.69, 9.17) is 0 Å². The second-order valence-corrected chi connectivity index (χ2v) is 12.2. The van der Waals surface area contributed by atoms with Crippen molar-refractivity contribution in [1.29, 1.82) is 0 Å². The summed E-state index contributed by atoms with van der Waals surface area (Å²) in [6.07, 6.45) is 17.2. The molecule has 0 saturated heterocycles. The van der Waals surface area contributed by atoms with Crippen molar-refractivity contribution in [3.05, 3.63) is 11.6 Å². The molecular weight excluding hydrogens is 340 g/mol. The third-order valence-electron chi connectivity index (χ3n) is 10.3. The van der Waals surface area contributed by atoms with Crippen LogP contribution < -0.4 is 0 Å². The molecule has 0 aromatic heterocycles. The number of hydrogen-bond donors (Lipinski definition) is 1. The van der Waals surface area contributed by atoms with E-state index in [0.29, 0.717) is 10.8 Å². The summed E-state index contributed by atoms with van der Waals surface area (Å²) in [5, 5.41) is 10.2. The zero-order chi connectivity index (χ0) is 20.1. The van der Waals surface area contributed by atoms with Gasteiger partial charge in [0.05, 0.1) is 6.10 Å². The predicted molar refractivity (Wildman–Crippen MR) is 119 cm³/mol. The number of hydrogen-bond acceptors (Lipinski definition) is 1. The van der Waals surface area contributed by atoms with Gasteiger partial charge in [0.1, 0.15) is 0 Å². The van der Waals surface area contributed by atoms with Gasteiger partial charge >= 0.3 is 0 Å². The molecule has 0 bridgehead atoms. The Bertz CT molecular complexity index is 591. The summed E-state index contributed by atoms with van der Waals surface area (Å²) in [7, 11) is 0. The van der Waals surface area contributed by atoms with Gasteiger partial charge in [-0.25, -0.2) is 0 Å². The number of aliphatic hydroxyl groups is 1. The molecule has 4 rings (SSSR count). The van der Waals surface area contributed by atoms with E-state index in [9.17, 15) is 5.11 Å². The zero-order valence-electron chi connectivity index (χ0n) is 19.3. The second kappa shape index (κ2) is 7.75. The van der Waals surface area contributed by atoms with Crippen molar-refractivity contribution in [3.63, 3.8) is 0 Å². The van der Waals surface area contributed by atoms with Crippen LogP contribution in [0.15, 0.2) is 11.6 Å². The molecule has 1 nitrogen and oxygen atoms in total. The van der Waals surface area contributed by atoms with Gasteiger partial charge in [0, 0.05) is 0 Å². The average Bonchev–Trinajstić information content (AvgIpc) is 2.99. The van der Waals surface area contributed by atoms with E-state index in [-0.39, 0.29) is 6.10 Å². The Balaban J connectivity index is 1.49. The molecule has 3 saturated carbocycles. The third kappa shape index (κ3) is 3.42. The molecule has 160 valence electrons. The van der Waals surface area contributed by atoms with Crippen molar-refractivity contribution >= 4 is 0 Å². The molecular formula is C27H46O. The molecule has 1 heteroatoms. The van der Waals surface area contributed by atoms with E-state index in [0.717, 1.165) is 48.3 Å². The van der Waals surface area contributed by atoms with Gasteiger partial charge in [0.15, 0.2) is 0 Å². The van der Waals surface area contributed by atoms with Crippen LogP contribution >= 0.6 is 0 Å². The fourth-order valence-electron chi connectivity index (χ4n) is 8.67. The van der Waals surface area contributed by atoms with E-state index in [1.54, 1.807) is 5.57 Å². The Kier molecular flexibility index (Phi) is 5.80. The minimum Gasteiger partial charge on any atom is -0.393 e. The SMILES string of the molecule is CC(C)CCC[C@H](C)[C@H]1CC[C@@H]2[C@@H]3CC=C4C[C@@H](O)CC[C@]4(C)[C@@H]3CC[C@@]21C. The lowest BCUT2D eigenvalue weighted by Crippen LogP contribution is -2.50. The van der Waals surface area contributed by atoms with Crippen LogP contribution in [0.25, 0.3) is 0 Å². The first kappa shape index (κ1) is 21.0. The van der Waals surface area contributed by atoms with Crippen LogP contribution in [0.4, 0.5) is 0 Å². The summed E-state index contributed by atoms with van der Waals surface area (Å²) in [6, 6.07) is 0. The number of aliphatic hydroxyl groups excluding tert-OH is 1. The standard InChI is InChI=1S/C27H46O/c1-18(2)7-6-8-19(3)23-11-12-24-22-10-9-20-17-21(28)13-15-26(20,4)25(22)14-16-27(23,24)5/h9,18-19,21-25,28H,6-8,10-17H2,1-5H3/t19-,21-,22-,23+,24+,25+,26-,27+/m0/s1. The zero-order valence-corrected chi connectivity index (χ0v) is 19.3. The van der Waals surface area contributed by atoms with Gasteiger partial charge in [0.25, 0.3) is 0 Å². The van der Waals surface area contributed by atoms with Crippen molar-refractivity contribution in [2.75, 3.05) is 0 Å². The number of fused-ring (bicyclic) bond motifs is 5. The van der Waals surface area contributed by atoms with Crippen molar-refractivity contribution in [1.82, 2.24) is 0 Å². The monoisotopic (exact) mass is 386 g/mol. The first-order valence-corrected chi connectivity index (χ1v) is 12.6. The maximum absolute atomic E-state index is 10.2. The highest BCUT2D eigenvalue weighted by Crippen LogP contribution is 2.67. The molecule has 0 aromatic carbocycles. The topological polar surface area (TPSA) is 20.2 Å². The smallest absolute Gasteiger partial charge is 0.0577 e. The van der Waals surface area contributed by atoms with Crippen molar-refractivity contribution in [2.24, 2.45) is 46.3 Å². The highest BCUT2D eigenvalue weighted by Gasteiger charge is 2.59. The van der Waals surface area contributed by atoms with Crippen LogP contribution in [-0.2, 0) is 0 Å². The molecule has 28 heavy (non-hydrogen) atoms. The lowest BCUT2D eigenvalue weighted by Gasteiger charge is -2.58. The maximum Gasteiger partial charge on any atom is 0.0577 e. The maximum atomic E-state index is 10.2. The normalized spacial score (nSPS) is 46.5. The summed E-state index contributed by atoms with van der Waals surface area (Å²) >= 11 is 0. The average molecular weight is 387 g/mol. The van der Waals surface area contributed by atoms with Crippen LogP contribution in [0.3, 0.4) is 0 Å². The minimum atomic E-state index is -0.0766. The molecule has 0 aromatic rings. The molecule has 4 aliphatic carbocycles. The first-order valence-electron chi connectivity index (χ1n) is 12.6. The Morgan fingerprint density at radius 3 is 2.54 bits per heavy atom. The van der Waals surface area contributed by atoms with Crippen LogP contribution in [0.5, 0.6) is 0 Å². The van der Waals surface area contributed by atoms with E-state index >= 15 is 0 Å². The van der Waals surface area contributed by atoms with E-state index in [2.05, 4.69) is 40.7 Å². The molecule has 0 spiro atoms. The molecule has 0 radical (unpaired) electrons. The van der Waals surface area contributed by atoms with Crippen molar-refractivity contribution in [3.8, 4) is 0 Å². The third-order valence-corrected chi connectivity index (χ3v) is 10.3. The fraction of sp³-hybridized carbons (Fsp3) is 0.926.